The van der Waals surface area contributed by atoms with Crippen molar-refractivity contribution in [2.45, 2.75) is 32.6 Å². The molecule has 0 aliphatic rings. The number of fused-ring (bicyclic) bond motifs is 1. The van der Waals surface area contributed by atoms with Crippen molar-refractivity contribution < 1.29 is 19.1 Å². The first-order valence-corrected chi connectivity index (χ1v) is 13.6. The van der Waals surface area contributed by atoms with Crippen LogP contribution in [-0.2, 0) is 21.4 Å². The normalized spacial score (nSPS) is 11.1. The molecule has 5 rings (SSSR count). The van der Waals surface area contributed by atoms with E-state index in [-0.39, 0.29) is 42.2 Å². The van der Waals surface area contributed by atoms with Gasteiger partial charge in [0.15, 0.2) is 5.78 Å². The predicted octanol–water partition coefficient (Wildman–Crippen LogP) is 6.02. The summed E-state index contributed by atoms with van der Waals surface area (Å²) in [4.78, 5) is 43.8. The van der Waals surface area contributed by atoms with Crippen molar-refractivity contribution in [3.63, 3.8) is 0 Å². The highest BCUT2D eigenvalue weighted by molar-refractivity contribution is 6.07. The number of ether oxygens (including phenoxy) is 2. The first-order valence-electron chi connectivity index (χ1n) is 13.6. The van der Waals surface area contributed by atoms with E-state index in [0.717, 1.165) is 16.5 Å². The van der Waals surface area contributed by atoms with Gasteiger partial charge in [0, 0.05) is 53.9 Å². The van der Waals surface area contributed by atoms with Crippen molar-refractivity contribution in [3.05, 3.63) is 101 Å². The molecule has 0 fully saturated rings. The second kappa shape index (κ2) is 13.5. The number of ketones is 1. The topological polar surface area (TPSA) is 140 Å². The number of hydrogen-bond donors (Lipinski definition) is 3. The molecule has 44 heavy (non-hydrogen) atoms. The summed E-state index contributed by atoms with van der Waals surface area (Å²) in [7, 11) is 1.48. The molecule has 228 valence electrons. The van der Waals surface area contributed by atoms with Crippen LogP contribution in [0, 0.1) is 0 Å². The number of nitrogens with one attached hydrogen (secondary N) is 3. The zero-order valence-electron chi connectivity index (χ0n) is 24.7. The Labute approximate surface area is 260 Å². The van der Waals surface area contributed by atoms with Crippen LogP contribution in [0.4, 0.5) is 16.3 Å². The molecule has 0 unspecified atom stereocenters. The Morgan fingerprint density at radius 3 is 2.45 bits per heavy atom. The smallest absolute Gasteiger partial charge is 0.324 e. The van der Waals surface area contributed by atoms with Crippen LogP contribution in [0.5, 0.6) is 11.5 Å². The number of nitrogens with zero attached hydrogens (tertiary/aromatic N) is 3. The van der Waals surface area contributed by atoms with Crippen molar-refractivity contribution in [3.8, 4) is 17.2 Å². The number of methoxy groups -OCH3 is 1. The summed E-state index contributed by atoms with van der Waals surface area (Å²) < 4.78 is 12.7. The Kier molecular flexibility index (Phi) is 9.82. The average molecular weight is 617 g/mol. The van der Waals surface area contributed by atoms with E-state index in [4.69, 9.17) is 9.47 Å². The fourth-order valence-electron chi connectivity index (χ4n) is 4.46. The van der Waals surface area contributed by atoms with E-state index in [1.54, 1.807) is 47.4 Å². The van der Waals surface area contributed by atoms with Gasteiger partial charge in [-0.15, -0.1) is 12.4 Å². The summed E-state index contributed by atoms with van der Waals surface area (Å²) in [5, 5.41) is 12.1. The van der Waals surface area contributed by atoms with Gasteiger partial charge in [-0.3, -0.25) is 19.9 Å². The number of Topliss-reactive ketones (excluding diaryl/α,β-unsaturated/α-hetero) is 1. The number of pyridine rings is 2. The molecule has 0 aliphatic carbocycles. The van der Waals surface area contributed by atoms with Gasteiger partial charge in [-0.05, 0) is 24.3 Å². The SMILES string of the molecule is COCC(=O)Cc1cc(Oc2ccc(NC(=O)Nc3cc(C(C)(C)C)nn3-c3ccc(=O)[nH]c3)c3ccccc23)ccn1.Cl. The van der Waals surface area contributed by atoms with Crippen LogP contribution in [-0.4, -0.2) is 45.3 Å². The van der Waals surface area contributed by atoms with Crippen molar-refractivity contribution >= 4 is 46.5 Å². The van der Waals surface area contributed by atoms with E-state index < -0.39 is 6.03 Å². The van der Waals surface area contributed by atoms with Gasteiger partial charge >= 0.3 is 6.03 Å². The highest BCUT2D eigenvalue weighted by atomic mass is 35.5. The number of benzene rings is 2. The number of aromatic nitrogens is 4. The molecule has 11 nitrogen and oxygen atoms in total. The van der Waals surface area contributed by atoms with Crippen molar-refractivity contribution in [1.29, 1.82) is 0 Å². The fourth-order valence-corrected chi connectivity index (χ4v) is 4.46. The third-order valence-electron chi connectivity index (χ3n) is 6.56. The molecule has 0 aliphatic heterocycles. The molecule has 3 N–H and O–H groups in total. The minimum Gasteiger partial charge on any atom is -0.457 e. The molecule has 3 heterocycles. The highest BCUT2D eigenvalue weighted by Crippen LogP contribution is 2.35. The van der Waals surface area contributed by atoms with E-state index in [9.17, 15) is 14.4 Å². The average Bonchev–Trinajstić information content (AvgIpc) is 3.39. The molecule has 0 saturated heterocycles. The Balaban J connectivity index is 0.00000442. The maximum Gasteiger partial charge on any atom is 0.324 e. The van der Waals surface area contributed by atoms with Gasteiger partial charge in [-0.25, -0.2) is 9.48 Å². The molecule has 12 heteroatoms. The Bertz CT molecular complexity index is 1840. The summed E-state index contributed by atoms with van der Waals surface area (Å²) in [6.07, 6.45) is 3.28. The zero-order valence-corrected chi connectivity index (χ0v) is 25.5. The molecule has 0 saturated carbocycles. The summed E-state index contributed by atoms with van der Waals surface area (Å²) in [6.45, 7) is 6.10. The molecule has 0 bridgehead atoms. The van der Waals surface area contributed by atoms with E-state index in [0.29, 0.717) is 34.4 Å². The molecule has 0 atom stereocenters. The van der Waals surface area contributed by atoms with Gasteiger partial charge in [0.2, 0.25) is 5.56 Å². The maximum atomic E-state index is 13.3. The van der Waals surface area contributed by atoms with Gasteiger partial charge in [-0.1, -0.05) is 45.0 Å². The predicted molar refractivity (Wildman–Crippen MR) is 172 cm³/mol. The summed E-state index contributed by atoms with van der Waals surface area (Å²) in [6, 6.07) is 18.9. The molecule has 2 aromatic carbocycles. The number of carbonyl (C=O) groups excluding carboxylic acids is 2. The van der Waals surface area contributed by atoms with Gasteiger partial charge in [0.05, 0.1) is 29.2 Å². The molecule has 3 aromatic heterocycles. The quantitative estimate of drug-likeness (QED) is 0.184. The van der Waals surface area contributed by atoms with Crippen LogP contribution in [0.2, 0.25) is 0 Å². The molecular weight excluding hydrogens is 584 g/mol. The maximum absolute atomic E-state index is 13.3. The molecule has 0 spiro atoms. The van der Waals surface area contributed by atoms with Crippen LogP contribution in [0.25, 0.3) is 16.5 Å². The first kappa shape index (κ1) is 31.9. The van der Waals surface area contributed by atoms with Crippen LogP contribution < -0.4 is 20.9 Å². The van der Waals surface area contributed by atoms with Crippen LogP contribution in [0.1, 0.15) is 32.2 Å². The van der Waals surface area contributed by atoms with Crippen LogP contribution in [0.15, 0.2) is 83.9 Å². The number of rotatable bonds is 9. The minimum absolute atomic E-state index is 0. The lowest BCUT2D eigenvalue weighted by Crippen LogP contribution is -2.21. The zero-order chi connectivity index (χ0) is 30.6. The summed E-state index contributed by atoms with van der Waals surface area (Å²) in [5.74, 6) is 1.47. The molecular formula is C32H33ClN6O5. The number of hydrogen-bond acceptors (Lipinski definition) is 7. The van der Waals surface area contributed by atoms with E-state index in [1.165, 1.54) is 13.2 Å². The number of halogens is 1. The van der Waals surface area contributed by atoms with Gasteiger partial charge in [0.25, 0.3) is 0 Å². The third kappa shape index (κ3) is 7.49. The Morgan fingerprint density at radius 1 is 0.977 bits per heavy atom. The lowest BCUT2D eigenvalue weighted by atomic mass is 9.92. The summed E-state index contributed by atoms with van der Waals surface area (Å²) >= 11 is 0. The third-order valence-corrected chi connectivity index (χ3v) is 6.56. The Morgan fingerprint density at radius 2 is 1.75 bits per heavy atom. The number of anilines is 2. The number of urea groups is 1. The monoisotopic (exact) mass is 616 g/mol. The number of aromatic amines is 1. The van der Waals surface area contributed by atoms with E-state index in [1.807, 2.05) is 51.1 Å². The van der Waals surface area contributed by atoms with Crippen LogP contribution in [0.3, 0.4) is 0 Å². The largest absolute Gasteiger partial charge is 0.457 e. The molecule has 2 amide bonds. The highest BCUT2D eigenvalue weighted by Gasteiger charge is 2.22. The standard InChI is InChI=1S/C32H32N6O5.ClH/c1-32(2,3)28-17-29(38(37-28)21-9-12-30(40)34-18-21)36-31(41)35-26-10-11-27(25-8-6-5-7-24(25)26)43-23-13-14-33-20(16-23)15-22(39)19-42-4;/h5-14,16-18H,15,19H2,1-4H3,(H,34,40)(H2,35,36,41);1H. The summed E-state index contributed by atoms with van der Waals surface area (Å²) in [5.41, 5.74) is 2.01. The second-order valence-electron chi connectivity index (χ2n) is 11.0. The minimum atomic E-state index is -0.468. The van der Waals surface area contributed by atoms with Gasteiger partial charge in [-0.2, -0.15) is 5.10 Å². The molecule has 5 aromatic rings. The first-order chi connectivity index (χ1) is 20.6. The van der Waals surface area contributed by atoms with Crippen LogP contribution >= 0.6 is 12.4 Å². The van der Waals surface area contributed by atoms with Gasteiger partial charge in [0.1, 0.15) is 23.9 Å². The number of H-pyrrole nitrogens is 1. The lowest BCUT2D eigenvalue weighted by molar-refractivity contribution is -0.122. The number of amides is 2. The van der Waals surface area contributed by atoms with Crippen molar-refractivity contribution in [2.75, 3.05) is 24.4 Å². The van der Waals surface area contributed by atoms with E-state index >= 15 is 0 Å². The van der Waals surface area contributed by atoms with Crippen molar-refractivity contribution in [2.24, 2.45) is 0 Å². The van der Waals surface area contributed by atoms with Gasteiger partial charge < -0.3 is 19.8 Å². The fraction of sp³-hybridized carbons (Fsp3) is 0.219. The van der Waals surface area contributed by atoms with Crippen molar-refractivity contribution in [1.82, 2.24) is 19.7 Å². The second-order valence-corrected chi connectivity index (χ2v) is 11.0. The number of carbonyl (C=O) groups is 2. The Hall–Kier alpha value is -5.00. The van der Waals surface area contributed by atoms with E-state index in [2.05, 4.69) is 25.7 Å². The lowest BCUT2D eigenvalue weighted by Gasteiger charge is -2.14. The molecule has 0 radical (unpaired) electrons.